The van der Waals surface area contributed by atoms with Gasteiger partial charge in [-0.15, -0.1) is 0 Å². The maximum atomic E-state index is 9.57. The van der Waals surface area contributed by atoms with E-state index in [4.69, 9.17) is 0 Å². The molecule has 1 unspecified atom stereocenters. The number of aliphatic hydroxyl groups is 1. The van der Waals surface area contributed by atoms with Crippen molar-refractivity contribution in [1.82, 2.24) is 4.90 Å². The van der Waals surface area contributed by atoms with Crippen LogP contribution in [0.4, 0.5) is 0 Å². The molecule has 0 bridgehead atoms. The molecule has 1 saturated carbocycles. The molecule has 0 aromatic rings. The Balaban J connectivity index is 1.78. The first-order valence-electron chi connectivity index (χ1n) is 7.71. The van der Waals surface area contributed by atoms with Crippen molar-refractivity contribution in [3.8, 4) is 0 Å². The van der Waals surface area contributed by atoms with E-state index in [1.54, 1.807) is 0 Å². The minimum Gasteiger partial charge on any atom is -0.393 e. The van der Waals surface area contributed by atoms with E-state index < -0.39 is 0 Å². The Morgan fingerprint density at radius 1 is 1.00 bits per heavy atom. The summed E-state index contributed by atoms with van der Waals surface area (Å²) in [4.78, 5) is 2.72. The molecular weight excluding hydrogens is 210 g/mol. The van der Waals surface area contributed by atoms with Crippen LogP contribution < -0.4 is 0 Å². The molecule has 100 valence electrons. The monoisotopic (exact) mass is 239 g/mol. The molecule has 1 N–H and O–H groups in total. The lowest BCUT2D eigenvalue weighted by molar-refractivity contribution is 0.0747. The van der Waals surface area contributed by atoms with Crippen LogP contribution in [0.25, 0.3) is 0 Å². The Morgan fingerprint density at radius 3 is 2.47 bits per heavy atom. The molecular formula is C15H29NO. The lowest BCUT2D eigenvalue weighted by Gasteiger charge is -2.35. The zero-order chi connectivity index (χ0) is 12.1. The van der Waals surface area contributed by atoms with Gasteiger partial charge < -0.3 is 10.0 Å². The van der Waals surface area contributed by atoms with Gasteiger partial charge in [-0.25, -0.2) is 0 Å². The average molecular weight is 239 g/mol. The highest BCUT2D eigenvalue weighted by molar-refractivity contribution is 4.81. The third kappa shape index (κ3) is 3.96. The summed E-state index contributed by atoms with van der Waals surface area (Å²) in [6.45, 7) is 4.93. The second-order valence-corrected chi connectivity index (χ2v) is 6.08. The SMILES string of the molecule is CCCC1CCCN(C2CCC(O)CC2)CC1. The minimum absolute atomic E-state index is 0.00827. The Hall–Kier alpha value is -0.0800. The van der Waals surface area contributed by atoms with Crippen molar-refractivity contribution in [2.45, 2.75) is 76.9 Å². The van der Waals surface area contributed by atoms with E-state index in [0.717, 1.165) is 24.8 Å². The maximum Gasteiger partial charge on any atom is 0.0541 e. The predicted octanol–water partition coefficient (Wildman–Crippen LogP) is 3.19. The summed E-state index contributed by atoms with van der Waals surface area (Å²) in [5.74, 6) is 0.985. The van der Waals surface area contributed by atoms with E-state index in [0.29, 0.717) is 0 Å². The Kier molecular flexibility index (Phi) is 5.30. The molecule has 2 aliphatic rings. The van der Waals surface area contributed by atoms with Crippen molar-refractivity contribution in [3.05, 3.63) is 0 Å². The summed E-state index contributed by atoms with van der Waals surface area (Å²) in [6, 6.07) is 0.777. The third-order valence-electron chi connectivity index (χ3n) is 4.76. The third-order valence-corrected chi connectivity index (χ3v) is 4.76. The molecule has 1 saturated heterocycles. The second-order valence-electron chi connectivity index (χ2n) is 6.08. The van der Waals surface area contributed by atoms with Gasteiger partial charge in [0.2, 0.25) is 0 Å². The van der Waals surface area contributed by atoms with Gasteiger partial charge in [-0.2, -0.15) is 0 Å². The largest absolute Gasteiger partial charge is 0.393 e. The Morgan fingerprint density at radius 2 is 1.76 bits per heavy atom. The van der Waals surface area contributed by atoms with Gasteiger partial charge >= 0.3 is 0 Å². The smallest absolute Gasteiger partial charge is 0.0541 e. The molecule has 2 nitrogen and oxygen atoms in total. The van der Waals surface area contributed by atoms with Crippen LogP contribution in [-0.2, 0) is 0 Å². The second kappa shape index (κ2) is 6.75. The number of hydrogen-bond acceptors (Lipinski definition) is 2. The molecule has 1 aliphatic carbocycles. The van der Waals surface area contributed by atoms with Crippen molar-refractivity contribution in [3.63, 3.8) is 0 Å². The van der Waals surface area contributed by atoms with E-state index in [1.165, 1.54) is 58.0 Å². The zero-order valence-corrected chi connectivity index (χ0v) is 11.4. The van der Waals surface area contributed by atoms with E-state index >= 15 is 0 Å². The van der Waals surface area contributed by atoms with Crippen molar-refractivity contribution >= 4 is 0 Å². The summed E-state index contributed by atoms with van der Waals surface area (Å²) >= 11 is 0. The average Bonchev–Trinajstić information content (AvgIpc) is 2.56. The van der Waals surface area contributed by atoms with Crippen LogP contribution in [0.1, 0.15) is 64.7 Å². The van der Waals surface area contributed by atoms with Gasteiger partial charge in [0.05, 0.1) is 6.10 Å². The number of aliphatic hydroxyl groups excluding tert-OH is 1. The first kappa shape index (κ1) is 13.4. The molecule has 0 radical (unpaired) electrons. The highest BCUT2D eigenvalue weighted by atomic mass is 16.3. The standard InChI is InChI=1S/C15H29NO/c1-2-4-13-5-3-11-16(12-10-13)14-6-8-15(17)9-7-14/h13-15,17H,2-12H2,1H3. The maximum absolute atomic E-state index is 9.57. The molecule has 1 aliphatic heterocycles. The van der Waals surface area contributed by atoms with Gasteiger partial charge in [-0.1, -0.05) is 19.8 Å². The van der Waals surface area contributed by atoms with Crippen LogP contribution in [0.15, 0.2) is 0 Å². The van der Waals surface area contributed by atoms with Gasteiger partial charge in [0.15, 0.2) is 0 Å². The van der Waals surface area contributed by atoms with Gasteiger partial charge in [-0.3, -0.25) is 0 Å². The van der Waals surface area contributed by atoms with Crippen LogP contribution in [0.5, 0.6) is 0 Å². The number of rotatable bonds is 3. The molecule has 0 spiro atoms. The van der Waals surface area contributed by atoms with Gasteiger partial charge in [-0.05, 0) is 64.0 Å². The highest BCUT2D eigenvalue weighted by Crippen LogP contribution is 2.28. The normalized spacial score (nSPS) is 36.7. The van der Waals surface area contributed by atoms with Gasteiger partial charge in [0.25, 0.3) is 0 Å². The molecule has 0 amide bonds. The van der Waals surface area contributed by atoms with Crippen LogP contribution in [0.2, 0.25) is 0 Å². The Labute approximate surface area is 106 Å². The lowest BCUT2D eigenvalue weighted by atomic mass is 9.92. The molecule has 0 aromatic carbocycles. The number of nitrogens with zero attached hydrogens (tertiary/aromatic N) is 1. The quantitative estimate of drug-likeness (QED) is 0.817. The molecule has 2 fully saturated rings. The predicted molar refractivity (Wildman–Crippen MR) is 72.1 cm³/mol. The molecule has 17 heavy (non-hydrogen) atoms. The van der Waals surface area contributed by atoms with Gasteiger partial charge in [0.1, 0.15) is 0 Å². The van der Waals surface area contributed by atoms with Crippen molar-refractivity contribution in [2.24, 2.45) is 5.92 Å². The van der Waals surface area contributed by atoms with E-state index in [-0.39, 0.29) is 6.10 Å². The summed E-state index contributed by atoms with van der Waals surface area (Å²) in [5.41, 5.74) is 0. The summed E-state index contributed by atoms with van der Waals surface area (Å²) < 4.78 is 0. The fourth-order valence-electron chi connectivity index (χ4n) is 3.67. The minimum atomic E-state index is -0.00827. The summed E-state index contributed by atoms with van der Waals surface area (Å²) in [6.07, 6.45) is 11.5. The molecule has 1 heterocycles. The first-order chi connectivity index (χ1) is 8.29. The topological polar surface area (TPSA) is 23.5 Å². The first-order valence-corrected chi connectivity index (χ1v) is 7.71. The van der Waals surface area contributed by atoms with Crippen LogP contribution in [0.3, 0.4) is 0 Å². The highest BCUT2D eigenvalue weighted by Gasteiger charge is 2.26. The molecule has 2 heteroatoms. The number of hydrogen-bond donors (Lipinski definition) is 1. The Bertz CT molecular complexity index is 211. The van der Waals surface area contributed by atoms with Crippen LogP contribution >= 0.6 is 0 Å². The lowest BCUT2D eigenvalue weighted by Crippen LogP contribution is -2.39. The summed E-state index contributed by atoms with van der Waals surface area (Å²) in [5, 5.41) is 9.57. The van der Waals surface area contributed by atoms with E-state index in [1.807, 2.05) is 0 Å². The fourth-order valence-corrected chi connectivity index (χ4v) is 3.67. The van der Waals surface area contributed by atoms with E-state index in [2.05, 4.69) is 11.8 Å². The van der Waals surface area contributed by atoms with Crippen LogP contribution in [0, 0.1) is 5.92 Å². The van der Waals surface area contributed by atoms with E-state index in [9.17, 15) is 5.11 Å². The fraction of sp³-hybridized carbons (Fsp3) is 1.00. The van der Waals surface area contributed by atoms with Crippen molar-refractivity contribution < 1.29 is 5.11 Å². The molecule has 1 atom stereocenters. The summed E-state index contributed by atoms with van der Waals surface area (Å²) in [7, 11) is 0. The van der Waals surface area contributed by atoms with Crippen molar-refractivity contribution in [2.75, 3.05) is 13.1 Å². The van der Waals surface area contributed by atoms with Crippen LogP contribution in [-0.4, -0.2) is 35.2 Å². The molecule has 0 aromatic heterocycles. The zero-order valence-electron chi connectivity index (χ0n) is 11.4. The number of likely N-dealkylation sites (tertiary alicyclic amines) is 1. The van der Waals surface area contributed by atoms with Gasteiger partial charge in [0, 0.05) is 6.04 Å². The molecule has 2 rings (SSSR count). The van der Waals surface area contributed by atoms with Crippen molar-refractivity contribution in [1.29, 1.82) is 0 Å².